The van der Waals surface area contributed by atoms with Crippen LogP contribution in [0.4, 0.5) is 4.39 Å². The lowest BCUT2D eigenvalue weighted by Gasteiger charge is -2.31. The Morgan fingerprint density at radius 2 is 1.83 bits per heavy atom. The van der Waals surface area contributed by atoms with E-state index in [1.807, 2.05) is 0 Å². The fraction of sp³-hybridized carbons (Fsp3) is 0.417. The Bertz CT molecular complexity index is 453. The number of nitrogens with zero attached hydrogens (tertiary/aromatic N) is 1. The summed E-state index contributed by atoms with van der Waals surface area (Å²) in [5.74, 6) is -0.368. The molecule has 6 heteroatoms. The summed E-state index contributed by atoms with van der Waals surface area (Å²) in [6, 6.07) is 4.70. The van der Waals surface area contributed by atoms with E-state index in [9.17, 15) is 18.5 Å². The smallest absolute Gasteiger partial charge is 0.325 e. The van der Waals surface area contributed by atoms with Crippen LogP contribution in [-0.2, 0) is 15.6 Å². The molecule has 1 fully saturated rings. The molecule has 1 aromatic carbocycles. The quantitative estimate of drug-likeness (QED) is 0.891. The molecule has 1 heterocycles. The summed E-state index contributed by atoms with van der Waals surface area (Å²) in [4.78, 5) is 13.1. The molecule has 1 aliphatic rings. The molecule has 1 unspecified atom stereocenters. The second-order valence-corrected chi connectivity index (χ2v) is 5.87. The lowest BCUT2D eigenvalue weighted by Crippen LogP contribution is -2.43. The first-order valence-electron chi connectivity index (χ1n) is 5.65. The molecule has 0 bridgehead atoms. The molecule has 1 aromatic rings. The van der Waals surface area contributed by atoms with Crippen LogP contribution in [0.1, 0.15) is 11.6 Å². The highest BCUT2D eigenvalue weighted by atomic mass is 32.2. The highest BCUT2D eigenvalue weighted by Crippen LogP contribution is 2.22. The van der Waals surface area contributed by atoms with Gasteiger partial charge in [0.25, 0.3) is 0 Å². The number of hydrogen-bond donors (Lipinski definition) is 1. The number of carboxylic acid groups (broad SMARTS) is 1. The number of carboxylic acids is 1. The average Bonchev–Trinajstić information content (AvgIpc) is 2.34. The maximum Gasteiger partial charge on any atom is 0.325 e. The zero-order valence-corrected chi connectivity index (χ0v) is 10.5. The summed E-state index contributed by atoms with van der Waals surface area (Å²) in [7, 11) is -0.845. The maximum atomic E-state index is 12.8. The van der Waals surface area contributed by atoms with E-state index in [2.05, 4.69) is 0 Å². The molecule has 0 spiro atoms. The number of aliphatic carboxylic acids is 1. The lowest BCUT2D eigenvalue weighted by molar-refractivity contribution is -0.143. The second kappa shape index (κ2) is 5.58. The Balaban J connectivity index is 2.20. The number of carbonyl (C=O) groups is 1. The number of hydrogen-bond acceptors (Lipinski definition) is 3. The largest absolute Gasteiger partial charge is 0.480 e. The molecule has 0 radical (unpaired) electrons. The van der Waals surface area contributed by atoms with E-state index in [1.54, 1.807) is 4.90 Å². The lowest BCUT2D eigenvalue weighted by atomic mass is 10.1. The minimum absolute atomic E-state index is 0.386. The van der Waals surface area contributed by atoms with E-state index >= 15 is 0 Å². The van der Waals surface area contributed by atoms with Crippen molar-refractivity contribution in [3.05, 3.63) is 35.6 Å². The van der Waals surface area contributed by atoms with Gasteiger partial charge in [-0.25, -0.2) is 4.39 Å². The Labute approximate surface area is 107 Å². The van der Waals surface area contributed by atoms with E-state index < -0.39 is 22.8 Å². The minimum Gasteiger partial charge on any atom is -0.480 e. The van der Waals surface area contributed by atoms with Crippen molar-refractivity contribution in [3.63, 3.8) is 0 Å². The standard InChI is InChI=1S/C12H14FNO3S/c13-10-3-1-9(2-4-10)11(12(15)16)14-5-7-18(17)8-6-14/h1-4,11H,5-8H2,(H,15,16). The zero-order chi connectivity index (χ0) is 13.1. The van der Waals surface area contributed by atoms with Crippen LogP contribution >= 0.6 is 0 Å². The van der Waals surface area contributed by atoms with E-state index in [4.69, 9.17) is 0 Å². The first-order valence-corrected chi connectivity index (χ1v) is 7.14. The molecule has 1 aliphatic heterocycles. The Kier molecular flexibility index (Phi) is 4.08. The molecule has 0 aliphatic carbocycles. The van der Waals surface area contributed by atoms with Gasteiger partial charge >= 0.3 is 5.97 Å². The van der Waals surface area contributed by atoms with E-state index in [1.165, 1.54) is 24.3 Å². The first kappa shape index (κ1) is 13.2. The van der Waals surface area contributed by atoms with Crippen molar-refractivity contribution in [2.45, 2.75) is 6.04 Å². The Morgan fingerprint density at radius 1 is 1.28 bits per heavy atom. The summed E-state index contributed by atoms with van der Waals surface area (Å²) in [6.45, 7) is 0.974. The van der Waals surface area contributed by atoms with Gasteiger partial charge in [-0.05, 0) is 17.7 Å². The molecule has 1 N–H and O–H groups in total. The van der Waals surface area contributed by atoms with Gasteiger partial charge in [0.1, 0.15) is 11.9 Å². The van der Waals surface area contributed by atoms with Gasteiger partial charge in [0.2, 0.25) is 0 Å². The molecular weight excluding hydrogens is 257 g/mol. The highest BCUT2D eigenvalue weighted by Gasteiger charge is 2.29. The van der Waals surface area contributed by atoms with Crippen LogP contribution in [0.25, 0.3) is 0 Å². The van der Waals surface area contributed by atoms with Gasteiger partial charge in [0, 0.05) is 35.4 Å². The molecule has 98 valence electrons. The van der Waals surface area contributed by atoms with Crippen molar-refractivity contribution in [3.8, 4) is 0 Å². The van der Waals surface area contributed by atoms with Crippen LogP contribution in [-0.4, -0.2) is 44.8 Å². The summed E-state index contributed by atoms with van der Waals surface area (Å²) >= 11 is 0. The molecule has 0 saturated carbocycles. The molecule has 1 atom stereocenters. The van der Waals surface area contributed by atoms with Crippen molar-refractivity contribution in [2.75, 3.05) is 24.6 Å². The Morgan fingerprint density at radius 3 is 2.33 bits per heavy atom. The second-order valence-electron chi connectivity index (χ2n) is 4.18. The van der Waals surface area contributed by atoms with Gasteiger partial charge in [-0.15, -0.1) is 0 Å². The van der Waals surface area contributed by atoms with Crippen LogP contribution in [0.2, 0.25) is 0 Å². The van der Waals surface area contributed by atoms with Gasteiger partial charge in [-0.3, -0.25) is 13.9 Å². The molecule has 2 rings (SSSR count). The fourth-order valence-electron chi connectivity index (χ4n) is 2.06. The molecule has 4 nitrogen and oxygen atoms in total. The molecule has 0 amide bonds. The van der Waals surface area contributed by atoms with Crippen LogP contribution < -0.4 is 0 Å². The third kappa shape index (κ3) is 2.94. The Hall–Kier alpha value is -1.27. The molecule has 1 saturated heterocycles. The monoisotopic (exact) mass is 271 g/mol. The van der Waals surface area contributed by atoms with E-state index in [0.717, 1.165) is 0 Å². The van der Waals surface area contributed by atoms with Gasteiger partial charge in [-0.2, -0.15) is 0 Å². The van der Waals surface area contributed by atoms with Gasteiger partial charge in [0.15, 0.2) is 0 Å². The number of rotatable bonds is 3. The SMILES string of the molecule is O=C(O)C(c1ccc(F)cc1)N1CCS(=O)CC1. The average molecular weight is 271 g/mol. The summed E-state index contributed by atoms with van der Waals surface area (Å²) in [5.41, 5.74) is 0.552. The molecule has 18 heavy (non-hydrogen) atoms. The number of halogens is 1. The predicted octanol–water partition coefficient (Wildman–Crippen LogP) is 1.02. The van der Waals surface area contributed by atoms with E-state index in [-0.39, 0.29) is 5.82 Å². The summed E-state index contributed by atoms with van der Waals surface area (Å²) in [6.07, 6.45) is 0. The van der Waals surface area contributed by atoms with Crippen molar-refractivity contribution < 1.29 is 18.5 Å². The van der Waals surface area contributed by atoms with Crippen LogP contribution in [0.5, 0.6) is 0 Å². The topological polar surface area (TPSA) is 57.6 Å². The van der Waals surface area contributed by atoms with Gasteiger partial charge in [-0.1, -0.05) is 12.1 Å². The number of benzene rings is 1. The summed E-state index contributed by atoms with van der Waals surface area (Å²) < 4.78 is 24.1. The maximum absolute atomic E-state index is 12.8. The minimum atomic E-state index is -0.964. The van der Waals surface area contributed by atoms with Crippen LogP contribution in [0, 0.1) is 5.82 Å². The predicted molar refractivity (Wildman–Crippen MR) is 66.2 cm³/mol. The van der Waals surface area contributed by atoms with Crippen molar-refractivity contribution >= 4 is 16.8 Å². The van der Waals surface area contributed by atoms with Crippen LogP contribution in [0.15, 0.2) is 24.3 Å². The fourth-order valence-corrected chi connectivity index (χ4v) is 3.15. The zero-order valence-electron chi connectivity index (χ0n) is 9.71. The van der Waals surface area contributed by atoms with Gasteiger partial charge < -0.3 is 5.11 Å². The van der Waals surface area contributed by atoms with Gasteiger partial charge in [0.05, 0.1) is 0 Å². The van der Waals surface area contributed by atoms with Crippen LogP contribution in [0.3, 0.4) is 0 Å². The molecule has 0 aromatic heterocycles. The first-order chi connectivity index (χ1) is 8.58. The van der Waals surface area contributed by atoms with Crippen molar-refractivity contribution in [2.24, 2.45) is 0 Å². The third-order valence-corrected chi connectivity index (χ3v) is 4.27. The highest BCUT2D eigenvalue weighted by molar-refractivity contribution is 7.85. The van der Waals surface area contributed by atoms with Crippen molar-refractivity contribution in [1.82, 2.24) is 4.90 Å². The normalized spacial score (nSPS) is 19.6. The molecular formula is C12H14FNO3S. The van der Waals surface area contributed by atoms with Crippen molar-refractivity contribution in [1.29, 1.82) is 0 Å². The van der Waals surface area contributed by atoms with E-state index in [0.29, 0.717) is 30.2 Å². The third-order valence-electron chi connectivity index (χ3n) is 3.00. The summed E-state index contributed by atoms with van der Waals surface area (Å²) in [5, 5.41) is 9.30.